The van der Waals surface area contributed by atoms with Gasteiger partial charge in [0, 0.05) is 10.5 Å². The van der Waals surface area contributed by atoms with Gasteiger partial charge >= 0.3 is 0 Å². The van der Waals surface area contributed by atoms with E-state index in [1.165, 1.54) is 25.7 Å². The summed E-state index contributed by atoms with van der Waals surface area (Å²) in [6.45, 7) is 1.09. The molecule has 1 saturated heterocycles. The molecule has 0 spiro atoms. The van der Waals surface area contributed by atoms with E-state index in [1.807, 2.05) is 24.3 Å². The summed E-state index contributed by atoms with van der Waals surface area (Å²) in [4.78, 5) is 0. The molecule has 2 rings (SSSR count). The van der Waals surface area contributed by atoms with E-state index in [0.717, 1.165) is 23.0 Å². The van der Waals surface area contributed by atoms with E-state index in [-0.39, 0.29) is 6.10 Å². The molecule has 1 fully saturated rings. The van der Waals surface area contributed by atoms with Crippen LogP contribution in [0.5, 0.6) is 0 Å². The zero-order valence-electron chi connectivity index (χ0n) is 10.0. The van der Waals surface area contributed by atoms with Crippen molar-refractivity contribution >= 4 is 15.9 Å². The third-order valence-corrected chi connectivity index (χ3v) is 3.90. The lowest BCUT2D eigenvalue weighted by Crippen LogP contribution is -2.29. The smallest absolute Gasteiger partial charge is 0.0805 e. The van der Waals surface area contributed by atoms with Gasteiger partial charge in [-0.1, -0.05) is 40.9 Å². The Labute approximate surface area is 112 Å². The summed E-state index contributed by atoms with van der Waals surface area (Å²) < 4.78 is 1.03. The molecule has 0 bridgehead atoms. The lowest BCUT2D eigenvalue weighted by Gasteiger charge is -2.20. The fourth-order valence-electron chi connectivity index (χ4n) is 2.42. The molecule has 0 aromatic heterocycles. The Hall–Kier alpha value is -0.380. The highest BCUT2D eigenvalue weighted by Crippen LogP contribution is 2.24. The zero-order chi connectivity index (χ0) is 12.1. The van der Waals surface area contributed by atoms with E-state index < -0.39 is 0 Å². The van der Waals surface area contributed by atoms with E-state index in [2.05, 4.69) is 21.2 Å². The summed E-state index contributed by atoms with van der Waals surface area (Å²) in [6.07, 6.45) is 5.51. The molecule has 0 saturated carbocycles. The molecule has 2 N–H and O–H groups in total. The first-order valence-corrected chi connectivity index (χ1v) is 7.22. The first-order chi connectivity index (χ1) is 8.25. The standard InChI is InChI=1S/C14H20BrNO/c15-12-6-4-5-11(9-12)14(17)10-13-7-2-1-3-8-16-13/h4-6,9,13-14,16-17H,1-3,7-8,10H2. The summed E-state index contributed by atoms with van der Waals surface area (Å²) in [5.41, 5.74) is 1.01. The molecule has 94 valence electrons. The maximum absolute atomic E-state index is 10.2. The molecule has 1 aromatic carbocycles. The van der Waals surface area contributed by atoms with Gasteiger partial charge in [-0.2, -0.15) is 0 Å². The first-order valence-electron chi connectivity index (χ1n) is 6.42. The minimum atomic E-state index is -0.358. The number of aliphatic hydroxyl groups excluding tert-OH is 1. The molecule has 2 atom stereocenters. The Morgan fingerprint density at radius 1 is 1.35 bits per heavy atom. The second-order valence-corrected chi connectivity index (χ2v) is 5.72. The fourth-order valence-corrected chi connectivity index (χ4v) is 2.84. The predicted molar refractivity (Wildman–Crippen MR) is 74.0 cm³/mol. The van der Waals surface area contributed by atoms with Crippen LogP contribution < -0.4 is 5.32 Å². The van der Waals surface area contributed by atoms with Crippen LogP contribution in [0.1, 0.15) is 43.8 Å². The molecular formula is C14H20BrNO. The maximum Gasteiger partial charge on any atom is 0.0805 e. The van der Waals surface area contributed by atoms with Gasteiger partial charge in [-0.3, -0.25) is 0 Å². The summed E-state index contributed by atoms with van der Waals surface area (Å²) in [6, 6.07) is 8.42. The molecule has 2 unspecified atom stereocenters. The van der Waals surface area contributed by atoms with Crippen LogP contribution in [-0.2, 0) is 0 Å². The van der Waals surface area contributed by atoms with Crippen molar-refractivity contribution in [3.63, 3.8) is 0 Å². The van der Waals surface area contributed by atoms with Crippen molar-refractivity contribution in [3.8, 4) is 0 Å². The number of rotatable bonds is 3. The van der Waals surface area contributed by atoms with Gasteiger partial charge in [0.15, 0.2) is 0 Å². The Kier molecular flexibility index (Phi) is 5.01. The van der Waals surface area contributed by atoms with Gasteiger partial charge in [-0.15, -0.1) is 0 Å². The van der Waals surface area contributed by atoms with Gasteiger partial charge in [0.25, 0.3) is 0 Å². The second kappa shape index (κ2) is 6.53. The first kappa shape index (κ1) is 13.1. The van der Waals surface area contributed by atoms with Crippen LogP contribution in [0.15, 0.2) is 28.7 Å². The maximum atomic E-state index is 10.2. The lowest BCUT2D eigenvalue weighted by atomic mass is 9.99. The van der Waals surface area contributed by atoms with E-state index in [1.54, 1.807) is 0 Å². The van der Waals surface area contributed by atoms with E-state index in [9.17, 15) is 5.11 Å². The van der Waals surface area contributed by atoms with Gasteiger partial charge in [0.2, 0.25) is 0 Å². The van der Waals surface area contributed by atoms with Gasteiger partial charge < -0.3 is 10.4 Å². The number of hydrogen-bond donors (Lipinski definition) is 2. The number of nitrogens with one attached hydrogen (secondary N) is 1. The van der Waals surface area contributed by atoms with Crippen molar-refractivity contribution in [2.45, 2.75) is 44.2 Å². The van der Waals surface area contributed by atoms with Crippen LogP contribution >= 0.6 is 15.9 Å². The largest absolute Gasteiger partial charge is 0.388 e. The van der Waals surface area contributed by atoms with E-state index in [0.29, 0.717) is 6.04 Å². The molecule has 0 amide bonds. The average molecular weight is 298 g/mol. The summed E-state index contributed by atoms with van der Waals surface area (Å²) in [7, 11) is 0. The highest BCUT2D eigenvalue weighted by Gasteiger charge is 2.17. The van der Waals surface area contributed by atoms with Crippen LogP contribution in [0, 0.1) is 0 Å². The monoisotopic (exact) mass is 297 g/mol. The third-order valence-electron chi connectivity index (χ3n) is 3.40. The molecule has 3 heteroatoms. The number of hydrogen-bond acceptors (Lipinski definition) is 2. The summed E-state index contributed by atoms with van der Waals surface area (Å²) >= 11 is 3.44. The molecule has 0 radical (unpaired) electrons. The van der Waals surface area contributed by atoms with Gasteiger partial charge in [0.05, 0.1) is 6.10 Å². The Morgan fingerprint density at radius 3 is 3.06 bits per heavy atom. The SMILES string of the molecule is OC(CC1CCCCCN1)c1cccc(Br)c1. The Morgan fingerprint density at radius 2 is 2.24 bits per heavy atom. The number of benzene rings is 1. The number of halogens is 1. The minimum absolute atomic E-state index is 0.358. The molecule has 1 aliphatic rings. The van der Waals surface area contributed by atoms with Crippen LogP contribution in [0.2, 0.25) is 0 Å². The quantitative estimate of drug-likeness (QED) is 0.896. The average Bonchev–Trinajstić information content (AvgIpc) is 2.57. The van der Waals surface area contributed by atoms with Crippen molar-refractivity contribution in [1.82, 2.24) is 5.32 Å². The van der Waals surface area contributed by atoms with Crippen molar-refractivity contribution in [3.05, 3.63) is 34.3 Å². The molecule has 2 nitrogen and oxygen atoms in total. The topological polar surface area (TPSA) is 32.3 Å². The lowest BCUT2D eigenvalue weighted by molar-refractivity contribution is 0.150. The van der Waals surface area contributed by atoms with Crippen LogP contribution in [0.4, 0.5) is 0 Å². The summed E-state index contributed by atoms with van der Waals surface area (Å²) in [5, 5.41) is 13.8. The zero-order valence-corrected chi connectivity index (χ0v) is 11.6. The third kappa shape index (κ3) is 4.09. The van der Waals surface area contributed by atoms with Crippen molar-refractivity contribution in [1.29, 1.82) is 0 Å². The van der Waals surface area contributed by atoms with Crippen molar-refractivity contribution < 1.29 is 5.11 Å². The van der Waals surface area contributed by atoms with E-state index in [4.69, 9.17) is 0 Å². The minimum Gasteiger partial charge on any atom is -0.388 e. The van der Waals surface area contributed by atoms with Gasteiger partial charge in [-0.05, 0) is 43.5 Å². The Bertz CT molecular complexity index is 348. The molecule has 1 aromatic rings. The molecule has 17 heavy (non-hydrogen) atoms. The molecule has 1 aliphatic heterocycles. The van der Waals surface area contributed by atoms with E-state index >= 15 is 0 Å². The highest BCUT2D eigenvalue weighted by molar-refractivity contribution is 9.10. The second-order valence-electron chi connectivity index (χ2n) is 4.81. The normalized spacial score (nSPS) is 23.1. The van der Waals surface area contributed by atoms with Crippen molar-refractivity contribution in [2.24, 2.45) is 0 Å². The molecule has 1 heterocycles. The van der Waals surface area contributed by atoms with Crippen LogP contribution in [-0.4, -0.2) is 17.7 Å². The van der Waals surface area contributed by atoms with Crippen LogP contribution in [0.25, 0.3) is 0 Å². The fraction of sp³-hybridized carbons (Fsp3) is 0.571. The van der Waals surface area contributed by atoms with Gasteiger partial charge in [-0.25, -0.2) is 0 Å². The van der Waals surface area contributed by atoms with Crippen LogP contribution in [0.3, 0.4) is 0 Å². The highest BCUT2D eigenvalue weighted by atomic mass is 79.9. The summed E-state index contributed by atoms with van der Waals surface area (Å²) in [5.74, 6) is 0. The molecule has 0 aliphatic carbocycles. The predicted octanol–water partition coefficient (Wildman–Crippen LogP) is 3.40. The Balaban J connectivity index is 1.93. The number of aliphatic hydroxyl groups is 1. The van der Waals surface area contributed by atoms with Gasteiger partial charge in [0.1, 0.15) is 0 Å². The molecular weight excluding hydrogens is 278 g/mol. The van der Waals surface area contributed by atoms with Crippen molar-refractivity contribution in [2.75, 3.05) is 6.54 Å².